The summed E-state index contributed by atoms with van der Waals surface area (Å²) in [5, 5.41) is 14.6. The normalized spacial score (nSPS) is 17.5. The number of nitrogens with one attached hydrogen (secondary N) is 1. The predicted octanol–water partition coefficient (Wildman–Crippen LogP) is 4.75. The second-order valence-corrected chi connectivity index (χ2v) is 7.71. The van der Waals surface area contributed by atoms with Crippen LogP contribution in [-0.4, -0.2) is 42.8 Å². The van der Waals surface area contributed by atoms with E-state index >= 15 is 0 Å². The lowest BCUT2D eigenvalue weighted by Gasteiger charge is -2.28. The highest BCUT2D eigenvalue weighted by Gasteiger charge is 2.23. The van der Waals surface area contributed by atoms with Crippen molar-refractivity contribution in [3.8, 4) is 22.6 Å². The molecule has 0 radical (unpaired) electrons. The highest BCUT2D eigenvalue weighted by Crippen LogP contribution is 2.38. The summed E-state index contributed by atoms with van der Waals surface area (Å²) >= 11 is 6.14. The Morgan fingerprint density at radius 3 is 2.64 bits per heavy atom. The third kappa shape index (κ3) is 5.46. The van der Waals surface area contributed by atoms with Crippen LogP contribution in [-0.2, 0) is 6.54 Å². The average molecular weight is 446 g/mol. The van der Waals surface area contributed by atoms with Crippen LogP contribution in [0.4, 0.5) is 0 Å². The van der Waals surface area contributed by atoms with E-state index in [-0.39, 0.29) is 30.6 Å². The smallest absolute Gasteiger partial charge is 0.165 e. The second-order valence-electron chi connectivity index (χ2n) is 7.27. The number of halogens is 3. The maximum atomic E-state index is 10.5. The van der Waals surface area contributed by atoms with Crippen molar-refractivity contribution in [1.29, 1.82) is 0 Å². The van der Waals surface area contributed by atoms with E-state index in [9.17, 15) is 5.11 Å². The Morgan fingerprint density at radius 1 is 1.11 bits per heavy atom. The average Bonchev–Trinajstić information content (AvgIpc) is 2.85. The van der Waals surface area contributed by atoms with Gasteiger partial charge in [0.05, 0.1) is 0 Å². The van der Waals surface area contributed by atoms with Crippen LogP contribution in [0.1, 0.15) is 18.4 Å². The lowest BCUT2D eigenvalue weighted by Crippen LogP contribution is -2.36. The number of ether oxygens (including phenoxy) is 1. The monoisotopic (exact) mass is 444 g/mol. The lowest BCUT2D eigenvalue weighted by atomic mass is 9.97. The number of aromatic hydroxyl groups is 1. The minimum Gasteiger partial charge on any atom is -0.504 e. The number of hydrogen-bond acceptors (Lipinski definition) is 4. The van der Waals surface area contributed by atoms with Gasteiger partial charge in [0, 0.05) is 30.2 Å². The molecule has 0 aliphatic carbocycles. The van der Waals surface area contributed by atoms with Gasteiger partial charge in [0.2, 0.25) is 0 Å². The summed E-state index contributed by atoms with van der Waals surface area (Å²) in [5.74, 6) is 1.58. The molecular formula is C21H27Cl3N2O2. The quantitative estimate of drug-likeness (QED) is 0.715. The van der Waals surface area contributed by atoms with Gasteiger partial charge in [-0.3, -0.25) is 4.90 Å². The summed E-state index contributed by atoms with van der Waals surface area (Å²) in [6.07, 6.45) is 2.47. The van der Waals surface area contributed by atoms with Crippen molar-refractivity contribution in [2.75, 3.05) is 32.8 Å². The lowest BCUT2D eigenvalue weighted by molar-refractivity contribution is 0.180. The number of benzene rings is 2. The third-order valence-corrected chi connectivity index (χ3v) is 5.56. The molecule has 4 rings (SSSR count). The predicted molar refractivity (Wildman–Crippen MR) is 119 cm³/mol. The zero-order valence-corrected chi connectivity index (χ0v) is 18.1. The molecule has 0 atom stereocenters. The highest BCUT2D eigenvalue weighted by atomic mass is 35.5. The molecule has 2 heterocycles. The Morgan fingerprint density at radius 2 is 1.89 bits per heavy atom. The fraction of sp³-hybridized carbons (Fsp3) is 0.429. The van der Waals surface area contributed by atoms with Gasteiger partial charge in [0.1, 0.15) is 6.61 Å². The van der Waals surface area contributed by atoms with Crippen molar-refractivity contribution < 1.29 is 9.84 Å². The van der Waals surface area contributed by atoms with Crippen LogP contribution < -0.4 is 10.1 Å². The molecule has 154 valence electrons. The molecule has 2 aromatic rings. The molecular weight excluding hydrogens is 419 g/mol. The third-order valence-electron chi connectivity index (χ3n) is 5.33. The van der Waals surface area contributed by atoms with Crippen LogP contribution >= 0.6 is 36.4 Å². The van der Waals surface area contributed by atoms with E-state index in [1.54, 1.807) is 6.07 Å². The van der Waals surface area contributed by atoms with Crippen molar-refractivity contribution >= 4 is 36.4 Å². The topological polar surface area (TPSA) is 44.7 Å². The molecule has 2 N–H and O–H groups in total. The Balaban J connectivity index is 0.00000140. The minimum absolute atomic E-state index is 0. The number of rotatable bonds is 3. The van der Waals surface area contributed by atoms with Crippen LogP contribution in [0.2, 0.25) is 5.02 Å². The molecule has 0 unspecified atom stereocenters. The maximum Gasteiger partial charge on any atom is 0.165 e. The van der Waals surface area contributed by atoms with Crippen molar-refractivity contribution in [3.05, 3.63) is 47.0 Å². The molecule has 4 nitrogen and oxygen atoms in total. The molecule has 0 amide bonds. The minimum atomic E-state index is 0. The van der Waals surface area contributed by atoms with Gasteiger partial charge < -0.3 is 15.2 Å². The molecule has 1 fully saturated rings. The summed E-state index contributed by atoms with van der Waals surface area (Å²) < 4.78 is 5.88. The summed E-state index contributed by atoms with van der Waals surface area (Å²) in [6, 6.07) is 11.6. The SMILES string of the molecule is Cl.Cl.Oc1cc(-c2cccc(Cl)c2)cc2c1OCCN(CC1CCNCC1)C2. The first kappa shape index (κ1) is 23.1. The van der Waals surface area contributed by atoms with Gasteiger partial charge in [-0.05, 0) is 67.2 Å². The van der Waals surface area contributed by atoms with Crippen LogP contribution in [0.3, 0.4) is 0 Å². The molecule has 2 aromatic carbocycles. The Labute approximate surface area is 184 Å². The van der Waals surface area contributed by atoms with E-state index in [1.165, 1.54) is 12.8 Å². The Kier molecular flexibility index (Phi) is 8.72. The standard InChI is InChI=1S/C21H25ClN2O2.2ClH/c22-19-3-1-2-16(11-19)17-10-18-14-24(13-15-4-6-23-7-5-15)8-9-26-21(18)20(25)12-17;;/h1-3,10-12,15,23,25H,4-9,13-14H2;2*1H. The Hall–Kier alpha value is -1.17. The van der Waals surface area contributed by atoms with Gasteiger partial charge in [-0.25, -0.2) is 0 Å². The summed E-state index contributed by atoms with van der Waals surface area (Å²) in [5.41, 5.74) is 3.02. The van der Waals surface area contributed by atoms with E-state index in [1.807, 2.05) is 24.3 Å². The number of piperidine rings is 1. The molecule has 0 spiro atoms. The molecule has 2 aliphatic rings. The zero-order valence-electron chi connectivity index (χ0n) is 15.7. The fourth-order valence-corrected chi connectivity index (χ4v) is 4.16. The first-order valence-corrected chi connectivity index (χ1v) is 9.74. The molecule has 28 heavy (non-hydrogen) atoms. The van der Waals surface area contributed by atoms with Crippen LogP contribution in [0, 0.1) is 5.92 Å². The summed E-state index contributed by atoms with van der Waals surface area (Å²) in [6.45, 7) is 5.64. The fourth-order valence-electron chi connectivity index (χ4n) is 3.97. The van der Waals surface area contributed by atoms with Gasteiger partial charge in [-0.1, -0.05) is 23.7 Å². The van der Waals surface area contributed by atoms with Crippen molar-refractivity contribution in [1.82, 2.24) is 10.2 Å². The van der Waals surface area contributed by atoms with E-state index in [0.29, 0.717) is 17.4 Å². The molecule has 0 aromatic heterocycles. The highest BCUT2D eigenvalue weighted by molar-refractivity contribution is 6.30. The van der Waals surface area contributed by atoms with Crippen LogP contribution in [0.5, 0.6) is 11.5 Å². The van der Waals surface area contributed by atoms with E-state index in [2.05, 4.69) is 16.3 Å². The first-order valence-electron chi connectivity index (χ1n) is 9.37. The number of fused-ring (bicyclic) bond motifs is 1. The number of phenols is 1. The zero-order chi connectivity index (χ0) is 17.9. The van der Waals surface area contributed by atoms with Gasteiger partial charge >= 0.3 is 0 Å². The second kappa shape index (κ2) is 10.6. The van der Waals surface area contributed by atoms with Crippen LogP contribution in [0.25, 0.3) is 11.1 Å². The van der Waals surface area contributed by atoms with E-state index < -0.39 is 0 Å². The van der Waals surface area contributed by atoms with E-state index in [0.717, 1.165) is 55.3 Å². The van der Waals surface area contributed by atoms with Gasteiger partial charge in [-0.2, -0.15) is 0 Å². The summed E-state index contributed by atoms with van der Waals surface area (Å²) in [4.78, 5) is 2.46. The molecule has 7 heteroatoms. The van der Waals surface area contributed by atoms with Gasteiger partial charge in [0.15, 0.2) is 11.5 Å². The number of hydrogen-bond donors (Lipinski definition) is 2. The van der Waals surface area contributed by atoms with Crippen molar-refractivity contribution in [2.45, 2.75) is 19.4 Å². The number of phenolic OH excluding ortho intramolecular Hbond substituents is 1. The molecule has 2 aliphatic heterocycles. The van der Waals surface area contributed by atoms with Crippen LogP contribution in [0.15, 0.2) is 36.4 Å². The molecule has 0 bridgehead atoms. The number of nitrogens with zero attached hydrogens (tertiary/aromatic N) is 1. The maximum absolute atomic E-state index is 10.5. The Bertz CT molecular complexity index is 782. The van der Waals surface area contributed by atoms with Gasteiger partial charge in [-0.15, -0.1) is 24.8 Å². The molecule has 0 saturated carbocycles. The van der Waals surface area contributed by atoms with Crippen molar-refractivity contribution in [3.63, 3.8) is 0 Å². The van der Waals surface area contributed by atoms with Crippen molar-refractivity contribution in [2.24, 2.45) is 5.92 Å². The van der Waals surface area contributed by atoms with Gasteiger partial charge in [0.25, 0.3) is 0 Å². The largest absolute Gasteiger partial charge is 0.504 e. The first-order chi connectivity index (χ1) is 12.7. The summed E-state index contributed by atoms with van der Waals surface area (Å²) in [7, 11) is 0. The molecule has 1 saturated heterocycles. The van der Waals surface area contributed by atoms with E-state index in [4.69, 9.17) is 16.3 Å².